The molecular formula is C17H26N2O2S2. The van der Waals surface area contributed by atoms with Gasteiger partial charge in [-0.3, -0.25) is 9.59 Å². The third-order valence-electron chi connectivity index (χ3n) is 3.75. The number of nitrogens with one attached hydrogen (secondary N) is 1. The standard InChI is InChI=1S/C17H26N2O2S2/c1-11(2)7-14(16(21)18-8-12(3)4)19-15(20)10-23-17(19)13-5-6-22-9-13/h5-6,9,11-12,14,17H,7-8,10H2,1-4H3,(H,18,21). The molecule has 1 saturated heterocycles. The molecule has 1 aromatic heterocycles. The van der Waals surface area contributed by atoms with Crippen molar-refractivity contribution < 1.29 is 9.59 Å². The fourth-order valence-electron chi connectivity index (χ4n) is 2.66. The summed E-state index contributed by atoms with van der Waals surface area (Å²) < 4.78 is 0. The zero-order valence-electron chi connectivity index (χ0n) is 14.2. The highest BCUT2D eigenvalue weighted by molar-refractivity contribution is 8.00. The molecule has 4 nitrogen and oxygen atoms in total. The first-order valence-corrected chi connectivity index (χ1v) is 10.1. The molecule has 2 atom stereocenters. The van der Waals surface area contributed by atoms with Crippen LogP contribution in [0.4, 0.5) is 0 Å². The van der Waals surface area contributed by atoms with Gasteiger partial charge in [0.25, 0.3) is 0 Å². The molecule has 1 fully saturated rings. The van der Waals surface area contributed by atoms with Crippen LogP contribution in [-0.2, 0) is 9.59 Å². The fourth-order valence-corrected chi connectivity index (χ4v) is 4.64. The molecule has 1 aliphatic heterocycles. The van der Waals surface area contributed by atoms with Gasteiger partial charge in [0.1, 0.15) is 11.4 Å². The highest BCUT2D eigenvalue weighted by Gasteiger charge is 2.41. The minimum Gasteiger partial charge on any atom is -0.354 e. The zero-order valence-corrected chi connectivity index (χ0v) is 15.9. The van der Waals surface area contributed by atoms with Gasteiger partial charge in [-0.15, -0.1) is 11.8 Å². The van der Waals surface area contributed by atoms with Crippen LogP contribution in [0, 0.1) is 11.8 Å². The van der Waals surface area contributed by atoms with Gasteiger partial charge in [0, 0.05) is 6.54 Å². The summed E-state index contributed by atoms with van der Waals surface area (Å²) in [6, 6.07) is 1.66. The monoisotopic (exact) mass is 354 g/mol. The van der Waals surface area contributed by atoms with Gasteiger partial charge in [-0.25, -0.2) is 0 Å². The van der Waals surface area contributed by atoms with Crippen LogP contribution in [0.1, 0.15) is 45.1 Å². The second kappa shape index (κ2) is 8.20. The van der Waals surface area contributed by atoms with Crippen molar-refractivity contribution in [1.29, 1.82) is 0 Å². The predicted molar refractivity (Wildman–Crippen MR) is 97.5 cm³/mol. The van der Waals surface area contributed by atoms with E-state index in [4.69, 9.17) is 0 Å². The molecule has 0 saturated carbocycles. The van der Waals surface area contributed by atoms with E-state index < -0.39 is 0 Å². The Morgan fingerprint density at radius 1 is 1.35 bits per heavy atom. The van der Waals surface area contributed by atoms with E-state index >= 15 is 0 Å². The van der Waals surface area contributed by atoms with Crippen LogP contribution in [0.5, 0.6) is 0 Å². The minimum absolute atomic E-state index is 0.0246. The van der Waals surface area contributed by atoms with Gasteiger partial charge in [0.2, 0.25) is 11.8 Å². The lowest BCUT2D eigenvalue weighted by molar-refractivity contribution is -0.139. The van der Waals surface area contributed by atoms with Crippen LogP contribution in [0.3, 0.4) is 0 Å². The first-order valence-electron chi connectivity index (χ1n) is 8.12. The second-order valence-corrected chi connectivity index (χ2v) is 8.65. The molecule has 2 unspecified atom stereocenters. The molecule has 1 N–H and O–H groups in total. The van der Waals surface area contributed by atoms with Crippen molar-refractivity contribution in [2.75, 3.05) is 12.3 Å². The Kier molecular flexibility index (Phi) is 6.53. The summed E-state index contributed by atoms with van der Waals surface area (Å²) in [4.78, 5) is 27.0. The van der Waals surface area contributed by atoms with E-state index in [2.05, 4.69) is 38.4 Å². The summed E-state index contributed by atoms with van der Waals surface area (Å²) in [6.07, 6.45) is 0.691. The molecule has 0 aliphatic carbocycles. The Morgan fingerprint density at radius 3 is 2.65 bits per heavy atom. The Morgan fingerprint density at radius 2 is 2.09 bits per heavy atom. The molecule has 6 heteroatoms. The number of carbonyl (C=O) groups excluding carboxylic acids is 2. The SMILES string of the molecule is CC(C)CNC(=O)C(CC(C)C)N1C(=O)CSC1c1ccsc1. The highest BCUT2D eigenvalue weighted by Crippen LogP contribution is 2.41. The predicted octanol–water partition coefficient (Wildman–Crippen LogP) is 3.51. The molecule has 128 valence electrons. The lowest BCUT2D eigenvalue weighted by Crippen LogP contribution is -2.49. The fraction of sp³-hybridized carbons (Fsp3) is 0.647. The van der Waals surface area contributed by atoms with Crippen LogP contribution < -0.4 is 5.32 Å². The van der Waals surface area contributed by atoms with Gasteiger partial charge in [0.15, 0.2) is 0 Å². The smallest absolute Gasteiger partial charge is 0.242 e. The van der Waals surface area contributed by atoms with Crippen molar-refractivity contribution in [2.24, 2.45) is 11.8 Å². The molecule has 1 aliphatic rings. The van der Waals surface area contributed by atoms with Crippen molar-refractivity contribution in [1.82, 2.24) is 10.2 Å². The number of hydrogen-bond acceptors (Lipinski definition) is 4. The van der Waals surface area contributed by atoms with Gasteiger partial charge in [-0.1, -0.05) is 27.7 Å². The van der Waals surface area contributed by atoms with Gasteiger partial charge >= 0.3 is 0 Å². The van der Waals surface area contributed by atoms with Crippen molar-refractivity contribution in [3.05, 3.63) is 22.4 Å². The molecule has 0 spiro atoms. The van der Waals surface area contributed by atoms with E-state index in [1.165, 1.54) is 0 Å². The number of thiophene rings is 1. The molecule has 0 bridgehead atoms. The quantitative estimate of drug-likeness (QED) is 0.815. The van der Waals surface area contributed by atoms with Crippen molar-refractivity contribution in [2.45, 2.75) is 45.5 Å². The largest absolute Gasteiger partial charge is 0.354 e. The van der Waals surface area contributed by atoms with Crippen molar-refractivity contribution in [3.63, 3.8) is 0 Å². The van der Waals surface area contributed by atoms with Crippen molar-refractivity contribution >= 4 is 34.9 Å². The molecule has 2 rings (SSSR count). The number of amides is 2. The molecule has 0 radical (unpaired) electrons. The average molecular weight is 355 g/mol. The van der Waals surface area contributed by atoms with Crippen LogP contribution in [0.25, 0.3) is 0 Å². The lowest BCUT2D eigenvalue weighted by Gasteiger charge is -2.32. The summed E-state index contributed by atoms with van der Waals surface area (Å²) in [6.45, 7) is 8.98. The molecule has 1 aromatic rings. The van der Waals surface area contributed by atoms with Crippen LogP contribution in [-0.4, -0.2) is 35.1 Å². The van der Waals surface area contributed by atoms with E-state index in [1.54, 1.807) is 23.1 Å². The number of rotatable bonds is 7. The lowest BCUT2D eigenvalue weighted by atomic mass is 10.0. The number of thioether (sulfide) groups is 1. The Bertz CT molecular complexity index is 529. The summed E-state index contributed by atoms with van der Waals surface area (Å²) in [5, 5.41) is 7.06. The maximum Gasteiger partial charge on any atom is 0.242 e. The second-order valence-electron chi connectivity index (χ2n) is 6.81. The van der Waals surface area contributed by atoms with E-state index in [0.717, 1.165) is 5.56 Å². The van der Waals surface area contributed by atoms with E-state index in [-0.39, 0.29) is 23.2 Å². The summed E-state index contributed by atoms with van der Waals surface area (Å²) >= 11 is 3.24. The molecular weight excluding hydrogens is 328 g/mol. The van der Waals surface area contributed by atoms with Crippen molar-refractivity contribution in [3.8, 4) is 0 Å². The maximum absolute atomic E-state index is 12.7. The number of nitrogens with zero attached hydrogens (tertiary/aromatic N) is 1. The van der Waals surface area contributed by atoms with E-state index in [9.17, 15) is 9.59 Å². The van der Waals surface area contributed by atoms with Gasteiger partial charge in [-0.05, 0) is 40.6 Å². The van der Waals surface area contributed by atoms with Crippen LogP contribution in [0.2, 0.25) is 0 Å². The third kappa shape index (κ3) is 4.73. The van der Waals surface area contributed by atoms with Crippen LogP contribution in [0.15, 0.2) is 16.8 Å². The number of carbonyl (C=O) groups is 2. The van der Waals surface area contributed by atoms with E-state index in [0.29, 0.717) is 30.6 Å². The topological polar surface area (TPSA) is 49.4 Å². The Balaban J connectivity index is 2.21. The number of hydrogen-bond donors (Lipinski definition) is 1. The van der Waals surface area contributed by atoms with Gasteiger partial charge in [-0.2, -0.15) is 11.3 Å². The average Bonchev–Trinajstić information content (AvgIpc) is 3.11. The Hall–Kier alpha value is -1.01. The van der Waals surface area contributed by atoms with Gasteiger partial charge < -0.3 is 10.2 Å². The van der Waals surface area contributed by atoms with E-state index in [1.807, 2.05) is 16.3 Å². The zero-order chi connectivity index (χ0) is 17.0. The highest BCUT2D eigenvalue weighted by atomic mass is 32.2. The summed E-state index contributed by atoms with van der Waals surface area (Å²) in [5.41, 5.74) is 1.12. The maximum atomic E-state index is 12.7. The summed E-state index contributed by atoms with van der Waals surface area (Å²) in [5.74, 6) is 1.24. The molecule has 23 heavy (non-hydrogen) atoms. The third-order valence-corrected chi connectivity index (χ3v) is 5.68. The first-order chi connectivity index (χ1) is 10.9. The minimum atomic E-state index is -0.388. The molecule has 2 heterocycles. The first kappa shape index (κ1) is 18.3. The molecule has 2 amide bonds. The Labute approximate surface area is 147 Å². The molecule has 0 aromatic carbocycles. The normalized spacial score (nSPS) is 19.7. The van der Waals surface area contributed by atoms with Gasteiger partial charge in [0.05, 0.1) is 5.75 Å². The summed E-state index contributed by atoms with van der Waals surface area (Å²) in [7, 11) is 0. The van der Waals surface area contributed by atoms with Crippen LogP contribution >= 0.6 is 23.1 Å².